The first-order valence-electron chi connectivity index (χ1n) is 10.3. The molecule has 3 aromatic rings. The van der Waals surface area contributed by atoms with Gasteiger partial charge in [-0.3, -0.25) is 5.32 Å². The number of hydrogen-bond acceptors (Lipinski definition) is 5. The van der Waals surface area contributed by atoms with Crippen LogP contribution in [0.1, 0.15) is 52.1 Å². The molecule has 0 aliphatic carbocycles. The van der Waals surface area contributed by atoms with Gasteiger partial charge in [-0.15, -0.1) is 11.3 Å². The summed E-state index contributed by atoms with van der Waals surface area (Å²) in [4.78, 5) is 16.6. The summed E-state index contributed by atoms with van der Waals surface area (Å²) >= 11 is 1.62. The predicted octanol–water partition coefficient (Wildman–Crippen LogP) is 6.35. The summed E-state index contributed by atoms with van der Waals surface area (Å²) in [5.41, 5.74) is 4.19. The number of carbonyl (C=O) groups is 1. The fourth-order valence-corrected chi connectivity index (χ4v) is 3.93. The van der Waals surface area contributed by atoms with Crippen LogP contribution in [0.2, 0.25) is 0 Å². The van der Waals surface area contributed by atoms with Gasteiger partial charge >= 0.3 is 6.09 Å². The van der Waals surface area contributed by atoms with E-state index in [1.165, 1.54) is 11.1 Å². The Morgan fingerprint density at radius 2 is 1.68 bits per heavy atom. The van der Waals surface area contributed by atoms with Gasteiger partial charge in [0.2, 0.25) is 0 Å². The Morgan fingerprint density at radius 1 is 1.03 bits per heavy atom. The summed E-state index contributed by atoms with van der Waals surface area (Å²) in [5, 5.41) is 6.60. The van der Waals surface area contributed by atoms with Gasteiger partial charge in [-0.1, -0.05) is 57.7 Å². The first kappa shape index (κ1) is 22.8. The summed E-state index contributed by atoms with van der Waals surface area (Å²) in [5.74, 6) is 0.383. The third kappa shape index (κ3) is 6.31. The topological polar surface area (TPSA) is 63.2 Å². The molecular formula is C25H31N3O2S. The van der Waals surface area contributed by atoms with E-state index in [0.717, 1.165) is 20.8 Å². The zero-order valence-corrected chi connectivity index (χ0v) is 19.9. The van der Waals surface area contributed by atoms with E-state index in [0.29, 0.717) is 12.4 Å². The summed E-state index contributed by atoms with van der Waals surface area (Å²) in [6, 6.07) is 15.1. The van der Waals surface area contributed by atoms with Crippen molar-refractivity contribution in [3.63, 3.8) is 0 Å². The standard InChI is InChI=1S/C25H31N3O2S/c1-16(27-23(29)30-25(5,6)7)26-15-22-28-20-14-18(10-13-21(20)31-22)17-8-11-19(12-9-17)24(2,3)4/h8-14,26H,1,15H2,2-7H3,(H,27,29). The number of benzene rings is 2. The average Bonchev–Trinajstić information content (AvgIpc) is 3.06. The summed E-state index contributed by atoms with van der Waals surface area (Å²) in [6.45, 7) is 16.4. The van der Waals surface area contributed by atoms with Crippen molar-refractivity contribution in [3.05, 3.63) is 65.4 Å². The van der Waals surface area contributed by atoms with Crippen LogP contribution in [0, 0.1) is 0 Å². The Labute approximate surface area is 188 Å². The van der Waals surface area contributed by atoms with Crippen molar-refractivity contribution in [2.45, 2.75) is 59.1 Å². The number of nitrogens with zero attached hydrogens (tertiary/aromatic N) is 1. The number of alkyl carbamates (subject to hydrolysis) is 1. The van der Waals surface area contributed by atoms with E-state index in [4.69, 9.17) is 9.72 Å². The maximum atomic E-state index is 11.8. The molecule has 5 nitrogen and oxygen atoms in total. The molecule has 0 unspecified atom stereocenters. The van der Waals surface area contributed by atoms with Gasteiger partial charge in [0, 0.05) is 0 Å². The molecule has 0 aliphatic heterocycles. The molecule has 6 heteroatoms. The highest BCUT2D eigenvalue weighted by Gasteiger charge is 2.17. The molecular weight excluding hydrogens is 406 g/mol. The molecule has 1 aromatic heterocycles. The van der Waals surface area contributed by atoms with Crippen molar-refractivity contribution >= 4 is 27.6 Å². The Hall–Kier alpha value is -2.86. The Morgan fingerprint density at radius 3 is 2.29 bits per heavy atom. The normalized spacial score (nSPS) is 11.9. The molecule has 0 bridgehead atoms. The fraction of sp³-hybridized carbons (Fsp3) is 0.360. The molecule has 0 atom stereocenters. The van der Waals surface area contributed by atoms with Crippen LogP contribution in [-0.2, 0) is 16.7 Å². The number of aromatic nitrogens is 1. The van der Waals surface area contributed by atoms with Crippen LogP contribution >= 0.6 is 11.3 Å². The van der Waals surface area contributed by atoms with Crippen LogP contribution in [0.25, 0.3) is 21.3 Å². The zero-order valence-electron chi connectivity index (χ0n) is 19.1. The van der Waals surface area contributed by atoms with Crippen molar-refractivity contribution in [3.8, 4) is 11.1 Å². The highest BCUT2D eigenvalue weighted by atomic mass is 32.1. The zero-order chi connectivity index (χ0) is 22.8. The number of amides is 1. The lowest BCUT2D eigenvalue weighted by Gasteiger charge is -2.20. The van der Waals surface area contributed by atoms with Gasteiger partial charge in [-0.05, 0) is 55.0 Å². The molecule has 2 aromatic carbocycles. The maximum Gasteiger partial charge on any atom is 0.413 e. The molecule has 1 heterocycles. The molecule has 1 amide bonds. The molecule has 0 spiro atoms. The minimum absolute atomic E-state index is 0.141. The average molecular weight is 438 g/mol. The van der Waals surface area contributed by atoms with Crippen LogP contribution < -0.4 is 10.6 Å². The van der Waals surface area contributed by atoms with E-state index < -0.39 is 11.7 Å². The lowest BCUT2D eigenvalue weighted by Crippen LogP contribution is -2.35. The minimum atomic E-state index is -0.553. The van der Waals surface area contributed by atoms with Crippen molar-refractivity contribution < 1.29 is 9.53 Å². The van der Waals surface area contributed by atoms with Crippen LogP contribution in [0.5, 0.6) is 0 Å². The molecule has 0 radical (unpaired) electrons. The van der Waals surface area contributed by atoms with Crippen molar-refractivity contribution in [1.29, 1.82) is 0 Å². The van der Waals surface area contributed by atoms with Gasteiger partial charge in [0.05, 0.1) is 16.8 Å². The SMILES string of the molecule is C=C(NCc1nc2cc(-c3ccc(C(C)(C)C)cc3)ccc2s1)NC(=O)OC(C)(C)C. The highest BCUT2D eigenvalue weighted by molar-refractivity contribution is 7.18. The maximum absolute atomic E-state index is 11.8. The molecule has 0 saturated carbocycles. The number of ether oxygens (including phenoxy) is 1. The number of rotatable bonds is 5. The lowest BCUT2D eigenvalue weighted by molar-refractivity contribution is 0.0542. The molecule has 2 N–H and O–H groups in total. The van der Waals surface area contributed by atoms with Crippen molar-refractivity contribution in [2.75, 3.05) is 0 Å². The van der Waals surface area contributed by atoms with Crippen molar-refractivity contribution in [1.82, 2.24) is 15.6 Å². The van der Waals surface area contributed by atoms with Crippen LogP contribution in [-0.4, -0.2) is 16.7 Å². The molecule has 3 rings (SSSR count). The fourth-order valence-electron chi connectivity index (χ4n) is 3.05. The van der Waals surface area contributed by atoms with Crippen LogP contribution in [0.15, 0.2) is 54.9 Å². The van der Waals surface area contributed by atoms with E-state index in [1.807, 2.05) is 20.8 Å². The largest absolute Gasteiger partial charge is 0.444 e. The number of fused-ring (bicyclic) bond motifs is 1. The smallest absolute Gasteiger partial charge is 0.413 e. The van der Waals surface area contributed by atoms with Gasteiger partial charge in [-0.25, -0.2) is 9.78 Å². The summed E-state index contributed by atoms with van der Waals surface area (Å²) in [7, 11) is 0. The van der Waals surface area contributed by atoms with Crippen molar-refractivity contribution in [2.24, 2.45) is 0 Å². The van der Waals surface area contributed by atoms with E-state index in [-0.39, 0.29) is 5.41 Å². The van der Waals surface area contributed by atoms with Gasteiger partial charge in [0.15, 0.2) is 0 Å². The predicted molar refractivity (Wildman–Crippen MR) is 129 cm³/mol. The number of thiazole rings is 1. The monoisotopic (exact) mass is 437 g/mol. The molecule has 31 heavy (non-hydrogen) atoms. The van der Waals surface area contributed by atoms with E-state index in [9.17, 15) is 4.79 Å². The quantitative estimate of drug-likeness (QED) is 0.488. The third-order valence-corrected chi connectivity index (χ3v) is 5.66. The number of hydrogen-bond donors (Lipinski definition) is 2. The summed E-state index contributed by atoms with van der Waals surface area (Å²) in [6.07, 6.45) is -0.531. The molecule has 164 valence electrons. The third-order valence-electron chi connectivity index (χ3n) is 4.62. The van der Waals surface area contributed by atoms with Gasteiger partial charge < -0.3 is 10.1 Å². The first-order chi connectivity index (χ1) is 14.4. The Bertz CT molecular complexity index is 1090. The second-order valence-electron chi connectivity index (χ2n) is 9.58. The van der Waals surface area contributed by atoms with Gasteiger partial charge in [0.25, 0.3) is 0 Å². The van der Waals surface area contributed by atoms with E-state index in [1.54, 1.807) is 11.3 Å². The van der Waals surface area contributed by atoms with E-state index >= 15 is 0 Å². The number of nitrogens with one attached hydrogen (secondary N) is 2. The molecule has 0 saturated heterocycles. The van der Waals surface area contributed by atoms with Crippen LogP contribution in [0.3, 0.4) is 0 Å². The van der Waals surface area contributed by atoms with Gasteiger partial charge in [-0.2, -0.15) is 0 Å². The number of carbonyl (C=O) groups excluding carboxylic acids is 1. The second-order valence-corrected chi connectivity index (χ2v) is 10.7. The highest BCUT2D eigenvalue weighted by Crippen LogP contribution is 2.30. The first-order valence-corrected chi connectivity index (χ1v) is 11.2. The Balaban J connectivity index is 1.66. The molecule has 0 aliphatic rings. The van der Waals surface area contributed by atoms with Gasteiger partial charge in [0.1, 0.15) is 16.4 Å². The summed E-state index contributed by atoms with van der Waals surface area (Å²) < 4.78 is 6.35. The Kier molecular flexibility index (Phi) is 6.41. The minimum Gasteiger partial charge on any atom is -0.444 e. The van der Waals surface area contributed by atoms with E-state index in [2.05, 4.69) is 80.4 Å². The lowest BCUT2D eigenvalue weighted by atomic mass is 9.86. The second kappa shape index (κ2) is 8.71. The molecule has 0 fully saturated rings. The van der Waals surface area contributed by atoms with Crippen LogP contribution in [0.4, 0.5) is 4.79 Å².